The van der Waals surface area contributed by atoms with Crippen molar-refractivity contribution in [2.45, 2.75) is 85.5 Å². The molecule has 0 aliphatic heterocycles. The number of hydrogen-bond acceptors (Lipinski definition) is 4. The van der Waals surface area contributed by atoms with E-state index in [1.54, 1.807) is 0 Å². The highest BCUT2D eigenvalue weighted by Crippen LogP contribution is 2.49. The fraction of sp³-hybridized carbons (Fsp3) is 0.840. The van der Waals surface area contributed by atoms with Crippen LogP contribution >= 0.6 is 0 Å². The van der Waals surface area contributed by atoms with E-state index in [-0.39, 0.29) is 35.6 Å². The molecule has 6 atom stereocenters. The van der Waals surface area contributed by atoms with Crippen molar-refractivity contribution in [2.75, 3.05) is 13.2 Å². The van der Waals surface area contributed by atoms with Crippen LogP contribution in [-0.2, 0) is 19.1 Å². The standard InChI is InChI=1S/C25H42O4/c1-5-9-11-18(7-3)16-28-24(26)22-20-13-14-21(15-20)23(22)25(27)29-17-19(8-4)12-10-6-2/h13-14,18-23H,5-12,15-17H2,1-4H3/t18?,19?,20-,21+,22-,23+. The molecule has 0 saturated heterocycles. The summed E-state index contributed by atoms with van der Waals surface area (Å²) < 4.78 is 11.5. The van der Waals surface area contributed by atoms with Crippen LogP contribution in [0, 0.1) is 35.5 Å². The fourth-order valence-corrected chi connectivity index (χ4v) is 4.85. The molecule has 4 heteroatoms. The lowest BCUT2D eigenvalue weighted by Gasteiger charge is -2.26. The fourth-order valence-electron chi connectivity index (χ4n) is 4.85. The smallest absolute Gasteiger partial charge is 0.310 e. The number of carbonyl (C=O) groups excluding carboxylic acids is 2. The molecule has 2 aliphatic carbocycles. The molecule has 4 nitrogen and oxygen atoms in total. The molecule has 2 unspecified atom stereocenters. The highest BCUT2D eigenvalue weighted by atomic mass is 16.5. The summed E-state index contributed by atoms with van der Waals surface area (Å²) in [5, 5.41) is 0. The molecular weight excluding hydrogens is 364 g/mol. The second-order valence-corrected chi connectivity index (χ2v) is 9.09. The second-order valence-electron chi connectivity index (χ2n) is 9.09. The van der Waals surface area contributed by atoms with Gasteiger partial charge in [-0.2, -0.15) is 0 Å². The molecule has 0 spiro atoms. The number of allylic oxidation sites excluding steroid dienone is 2. The first-order chi connectivity index (χ1) is 14.0. The van der Waals surface area contributed by atoms with Crippen LogP contribution in [0.1, 0.15) is 85.5 Å². The summed E-state index contributed by atoms with van der Waals surface area (Å²) in [5.41, 5.74) is 0. The molecule has 29 heavy (non-hydrogen) atoms. The number of unbranched alkanes of at least 4 members (excludes halogenated alkanes) is 2. The van der Waals surface area contributed by atoms with E-state index in [9.17, 15) is 9.59 Å². The molecule has 2 bridgehead atoms. The van der Waals surface area contributed by atoms with Crippen molar-refractivity contribution >= 4 is 11.9 Å². The molecule has 2 rings (SSSR count). The lowest BCUT2D eigenvalue weighted by Crippen LogP contribution is -2.36. The van der Waals surface area contributed by atoms with Gasteiger partial charge in [0.25, 0.3) is 0 Å². The minimum Gasteiger partial charge on any atom is -0.465 e. The van der Waals surface area contributed by atoms with Crippen molar-refractivity contribution in [1.82, 2.24) is 0 Å². The molecule has 2 aliphatic rings. The first kappa shape index (κ1) is 24.0. The molecule has 0 heterocycles. The van der Waals surface area contributed by atoms with Crippen molar-refractivity contribution in [3.8, 4) is 0 Å². The van der Waals surface area contributed by atoms with Crippen molar-refractivity contribution < 1.29 is 19.1 Å². The van der Waals surface area contributed by atoms with Gasteiger partial charge < -0.3 is 9.47 Å². The topological polar surface area (TPSA) is 52.6 Å². The molecule has 0 aromatic heterocycles. The third-order valence-corrected chi connectivity index (χ3v) is 7.01. The summed E-state index contributed by atoms with van der Waals surface area (Å²) >= 11 is 0. The van der Waals surface area contributed by atoms with Gasteiger partial charge in [-0.05, 0) is 42.9 Å². The summed E-state index contributed by atoms with van der Waals surface area (Å²) in [6.45, 7) is 9.62. The number of rotatable bonds is 14. The Balaban J connectivity index is 1.91. The molecule has 0 aromatic rings. The Labute approximate surface area is 177 Å². The molecule has 0 N–H and O–H groups in total. The van der Waals surface area contributed by atoms with E-state index in [1.807, 2.05) is 0 Å². The Kier molecular flexibility index (Phi) is 10.2. The maximum atomic E-state index is 12.9. The largest absolute Gasteiger partial charge is 0.465 e. The maximum absolute atomic E-state index is 12.9. The van der Waals surface area contributed by atoms with Crippen LogP contribution in [0.3, 0.4) is 0 Å². The predicted octanol–water partition coefficient (Wildman–Crippen LogP) is 5.94. The molecule has 0 aromatic carbocycles. The van der Waals surface area contributed by atoms with Crippen LogP contribution in [0.15, 0.2) is 12.2 Å². The Morgan fingerprint density at radius 1 is 0.793 bits per heavy atom. The van der Waals surface area contributed by atoms with Gasteiger partial charge in [0.05, 0.1) is 25.0 Å². The molecule has 0 radical (unpaired) electrons. The zero-order chi connectivity index (χ0) is 21.2. The summed E-state index contributed by atoms with van der Waals surface area (Å²) in [4.78, 5) is 25.8. The van der Waals surface area contributed by atoms with Crippen LogP contribution in [0.25, 0.3) is 0 Å². The maximum Gasteiger partial charge on any atom is 0.310 e. The van der Waals surface area contributed by atoms with E-state index < -0.39 is 0 Å². The van der Waals surface area contributed by atoms with Gasteiger partial charge >= 0.3 is 11.9 Å². The normalized spacial score (nSPS) is 27.0. The van der Waals surface area contributed by atoms with Crippen LogP contribution < -0.4 is 0 Å². The third-order valence-electron chi connectivity index (χ3n) is 7.01. The zero-order valence-electron chi connectivity index (χ0n) is 19.0. The third kappa shape index (κ3) is 6.58. The highest BCUT2D eigenvalue weighted by molar-refractivity contribution is 5.84. The minimum absolute atomic E-state index is 0.128. The average molecular weight is 407 g/mol. The van der Waals surface area contributed by atoms with Gasteiger partial charge in [0.1, 0.15) is 0 Å². The number of esters is 2. The SMILES string of the molecule is CCCCC(CC)COC(=O)[C@@H]1[C@H](C(=O)OCC(CC)CCCC)[C@@H]2C=C[C@H]1C2. The van der Waals surface area contributed by atoms with E-state index in [0.717, 1.165) is 44.9 Å². The van der Waals surface area contributed by atoms with Crippen LogP contribution in [0.2, 0.25) is 0 Å². The number of carbonyl (C=O) groups is 2. The van der Waals surface area contributed by atoms with Gasteiger partial charge in [-0.15, -0.1) is 0 Å². The highest BCUT2D eigenvalue weighted by Gasteiger charge is 2.53. The molecule has 1 fully saturated rings. The minimum atomic E-state index is -0.364. The lowest BCUT2D eigenvalue weighted by atomic mass is 9.83. The Hall–Kier alpha value is -1.32. The monoisotopic (exact) mass is 406 g/mol. The van der Waals surface area contributed by atoms with Crippen molar-refractivity contribution in [3.63, 3.8) is 0 Å². The number of ether oxygens (including phenoxy) is 2. The van der Waals surface area contributed by atoms with E-state index in [1.165, 1.54) is 12.8 Å². The molecular formula is C25H42O4. The second kappa shape index (κ2) is 12.4. The molecule has 1 saturated carbocycles. The van der Waals surface area contributed by atoms with Crippen LogP contribution in [0.5, 0.6) is 0 Å². The van der Waals surface area contributed by atoms with E-state index >= 15 is 0 Å². The first-order valence-corrected chi connectivity index (χ1v) is 12.1. The molecule has 0 amide bonds. The van der Waals surface area contributed by atoms with Crippen LogP contribution in [0.4, 0.5) is 0 Å². The Morgan fingerprint density at radius 3 is 1.55 bits per heavy atom. The van der Waals surface area contributed by atoms with Crippen molar-refractivity contribution in [1.29, 1.82) is 0 Å². The zero-order valence-corrected chi connectivity index (χ0v) is 19.0. The van der Waals surface area contributed by atoms with Gasteiger partial charge in [0.15, 0.2) is 0 Å². The van der Waals surface area contributed by atoms with E-state index in [0.29, 0.717) is 25.0 Å². The lowest BCUT2D eigenvalue weighted by molar-refractivity contribution is -0.163. The van der Waals surface area contributed by atoms with Gasteiger partial charge in [-0.3, -0.25) is 9.59 Å². The number of fused-ring (bicyclic) bond motifs is 2. The van der Waals surface area contributed by atoms with Gasteiger partial charge in [-0.25, -0.2) is 0 Å². The summed E-state index contributed by atoms with van der Waals surface area (Å²) in [5.74, 6) is -0.0300. The van der Waals surface area contributed by atoms with Crippen molar-refractivity contribution in [2.24, 2.45) is 35.5 Å². The Bertz CT molecular complexity index is 495. The van der Waals surface area contributed by atoms with E-state index in [4.69, 9.17) is 9.47 Å². The molecule has 166 valence electrons. The predicted molar refractivity (Wildman–Crippen MR) is 116 cm³/mol. The van der Waals surface area contributed by atoms with Crippen LogP contribution in [-0.4, -0.2) is 25.2 Å². The van der Waals surface area contributed by atoms with Gasteiger partial charge in [0.2, 0.25) is 0 Å². The summed E-state index contributed by atoms with van der Waals surface area (Å²) in [6.07, 6.45) is 14.0. The Morgan fingerprint density at radius 2 is 1.21 bits per heavy atom. The summed E-state index contributed by atoms with van der Waals surface area (Å²) in [7, 11) is 0. The van der Waals surface area contributed by atoms with Crippen molar-refractivity contribution in [3.05, 3.63) is 12.2 Å². The van der Waals surface area contributed by atoms with Gasteiger partial charge in [-0.1, -0.05) is 78.4 Å². The first-order valence-electron chi connectivity index (χ1n) is 12.1. The summed E-state index contributed by atoms with van der Waals surface area (Å²) in [6, 6.07) is 0. The quantitative estimate of drug-likeness (QED) is 0.264. The average Bonchev–Trinajstić information content (AvgIpc) is 3.35. The number of hydrogen-bond donors (Lipinski definition) is 0. The van der Waals surface area contributed by atoms with E-state index in [2.05, 4.69) is 39.8 Å². The van der Waals surface area contributed by atoms with Gasteiger partial charge in [0, 0.05) is 0 Å².